The van der Waals surface area contributed by atoms with E-state index >= 15 is 4.39 Å². The molecule has 2 atom stereocenters. The fourth-order valence-corrected chi connectivity index (χ4v) is 5.00. The van der Waals surface area contributed by atoms with Crippen molar-refractivity contribution >= 4 is 17.4 Å². The highest BCUT2D eigenvalue weighted by molar-refractivity contribution is 6.31. The molecule has 5 aromatic rings. The first kappa shape index (κ1) is 23.9. The van der Waals surface area contributed by atoms with Gasteiger partial charge < -0.3 is 10.7 Å². The number of nitrogens with one attached hydrogen (secondary N) is 1. The lowest BCUT2D eigenvalue weighted by molar-refractivity contribution is 0.555. The average molecular weight is 537 g/mol. The number of aromatic nitrogens is 9. The zero-order valence-electron chi connectivity index (χ0n) is 20.0. The van der Waals surface area contributed by atoms with Crippen LogP contribution in [0.5, 0.6) is 0 Å². The second kappa shape index (κ2) is 8.80. The first-order valence-corrected chi connectivity index (χ1v) is 11.9. The number of benzene rings is 1. The number of nitrogen functional groups attached to an aromatic ring is 1. The Morgan fingerprint density at radius 2 is 2.03 bits per heavy atom. The van der Waals surface area contributed by atoms with Crippen LogP contribution >= 0.6 is 11.6 Å². The number of pyridine rings is 1. The standard InChI is InChI=1S/C24H19ClF2N10O/c1-10-5-18(23-29-8-16(32-23)12-6-14(26)22(28)31-11(12)2)37-19(38)7-15(33-24(10)37)20-17(36-9-30-34-35-36)4-3-13(25)21(20)27/h3-4,6-10,18H,5H2,1-2H3,(H2,28,31)(H,29,32)/t10-,18-/m1/s1. The highest BCUT2D eigenvalue weighted by Gasteiger charge is 2.34. The number of H-pyrrole nitrogens is 1. The highest BCUT2D eigenvalue weighted by atomic mass is 35.5. The summed E-state index contributed by atoms with van der Waals surface area (Å²) >= 11 is 6.07. The average Bonchev–Trinajstić information content (AvgIpc) is 3.64. The molecule has 1 aliphatic heterocycles. The van der Waals surface area contributed by atoms with Crippen molar-refractivity contribution in [3.05, 3.63) is 81.1 Å². The number of imidazole rings is 1. The molecular formula is C24H19ClF2N10O. The summed E-state index contributed by atoms with van der Waals surface area (Å²) in [5.74, 6) is -0.747. The van der Waals surface area contributed by atoms with Crippen molar-refractivity contribution in [2.75, 3.05) is 5.73 Å². The van der Waals surface area contributed by atoms with E-state index in [1.165, 1.54) is 33.8 Å². The van der Waals surface area contributed by atoms with Crippen LogP contribution in [0.2, 0.25) is 5.02 Å². The van der Waals surface area contributed by atoms with Crippen LogP contribution in [0.3, 0.4) is 0 Å². The van der Waals surface area contributed by atoms with Crippen LogP contribution < -0.4 is 11.3 Å². The number of nitrogens with two attached hydrogens (primary N) is 1. The Balaban J connectivity index is 1.44. The maximum atomic E-state index is 15.3. The maximum absolute atomic E-state index is 15.3. The minimum atomic E-state index is -0.742. The molecule has 0 unspecified atom stereocenters. The molecule has 5 heterocycles. The summed E-state index contributed by atoms with van der Waals surface area (Å²) in [4.78, 5) is 29.8. The predicted octanol–water partition coefficient (Wildman–Crippen LogP) is 3.59. The number of hydrogen-bond acceptors (Lipinski definition) is 8. The molecule has 0 fully saturated rings. The largest absolute Gasteiger partial charge is 0.381 e. The van der Waals surface area contributed by atoms with Gasteiger partial charge in [0.15, 0.2) is 17.5 Å². The van der Waals surface area contributed by atoms with Gasteiger partial charge in [0.1, 0.15) is 18.0 Å². The van der Waals surface area contributed by atoms with Gasteiger partial charge in [-0.05, 0) is 42.0 Å². The molecule has 14 heteroatoms. The van der Waals surface area contributed by atoms with Crippen LogP contribution in [0, 0.1) is 18.6 Å². The summed E-state index contributed by atoms with van der Waals surface area (Å²) in [5, 5.41) is 10.9. The molecule has 4 aromatic heterocycles. The van der Waals surface area contributed by atoms with Crippen LogP contribution in [0.4, 0.5) is 14.6 Å². The summed E-state index contributed by atoms with van der Waals surface area (Å²) in [5.41, 5.74) is 7.15. The molecule has 1 aliphatic rings. The van der Waals surface area contributed by atoms with Crippen molar-refractivity contribution in [2.45, 2.75) is 32.2 Å². The van der Waals surface area contributed by atoms with Gasteiger partial charge in [0.25, 0.3) is 5.56 Å². The Morgan fingerprint density at radius 3 is 2.79 bits per heavy atom. The number of anilines is 1. The van der Waals surface area contributed by atoms with Crippen LogP contribution in [0.15, 0.2) is 41.6 Å². The van der Waals surface area contributed by atoms with Gasteiger partial charge in [-0.1, -0.05) is 18.5 Å². The van der Waals surface area contributed by atoms with Gasteiger partial charge in [0.2, 0.25) is 0 Å². The van der Waals surface area contributed by atoms with Gasteiger partial charge in [-0.25, -0.2) is 23.7 Å². The second-order valence-corrected chi connectivity index (χ2v) is 9.45. The van der Waals surface area contributed by atoms with E-state index in [0.29, 0.717) is 35.0 Å². The predicted molar refractivity (Wildman–Crippen MR) is 134 cm³/mol. The fraction of sp³-hybridized carbons (Fsp3) is 0.208. The number of hydrogen-bond donors (Lipinski definition) is 2. The van der Waals surface area contributed by atoms with E-state index in [0.717, 1.165) is 0 Å². The number of aromatic amines is 1. The fourth-order valence-electron chi connectivity index (χ4n) is 4.84. The van der Waals surface area contributed by atoms with Crippen molar-refractivity contribution in [1.82, 2.24) is 44.7 Å². The Morgan fingerprint density at radius 1 is 1.21 bits per heavy atom. The summed E-state index contributed by atoms with van der Waals surface area (Å²) in [7, 11) is 0. The number of nitrogens with zero attached hydrogens (tertiary/aromatic N) is 8. The Hall–Kier alpha value is -4.52. The Labute approximate surface area is 218 Å². The molecule has 38 heavy (non-hydrogen) atoms. The lowest BCUT2D eigenvalue weighted by atomic mass is 10.1. The number of halogens is 3. The zero-order valence-corrected chi connectivity index (χ0v) is 20.8. The quantitative estimate of drug-likeness (QED) is 0.354. The van der Waals surface area contributed by atoms with E-state index in [1.807, 2.05) is 6.92 Å². The van der Waals surface area contributed by atoms with Gasteiger partial charge in [-0.15, -0.1) is 5.10 Å². The van der Waals surface area contributed by atoms with E-state index in [2.05, 4.69) is 35.5 Å². The molecular weight excluding hydrogens is 518 g/mol. The summed E-state index contributed by atoms with van der Waals surface area (Å²) in [6.45, 7) is 3.64. The molecule has 0 saturated heterocycles. The molecule has 0 bridgehead atoms. The smallest absolute Gasteiger partial charge is 0.254 e. The molecule has 3 N–H and O–H groups in total. The van der Waals surface area contributed by atoms with Crippen molar-refractivity contribution in [1.29, 1.82) is 0 Å². The topological polar surface area (TPSA) is 146 Å². The molecule has 0 spiro atoms. The lowest BCUT2D eigenvalue weighted by Gasteiger charge is -2.15. The Kier molecular flexibility index (Phi) is 5.52. The Bertz CT molecular complexity index is 1770. The summed E-state index contributed by atoms with van der Waals surface area (Å²) in [6.07, 6.45) is 3.39. The number of tetrazole rings is 1. The third-order valence-corrected chi connectivity index (χ3v) is 6.92. The van der Waals surface area contributed by atoms with E-state index in [4.69, 9.17) is 17.3 Å². The van der Waals surface area contributed by atoms with Crippen molar-refractivity contribution in [3.63, 3.8) is 0 Å². The van der Waals surface area contributed by atoms with E-state index < -0.39 is 23.2 Å². The minimum absolute atomic E-state index is 0.00888. The van der Waals surface area contributed by atoms with Gasteiger partial charge in [0, 0.05) is 23.2 Å². The van der Waals surface area contributed by atoms with Gasteiger partial charge in [-0.3, -0.25) is 9.36 Å². The summed E-state index contributed by atoms with van der Waals surface area (Å²) in [6, 6.07) is 5.02. The number of fused-ring (bicyclic) bond motifs is 1. The first-order valence-electron chi connectivity index (χ1n) is 11.6. The SMILES string of the molecule is Cc1nc(N)c(F)cc1-c1cnc([C@H]2C[C@@H](C)c3nc(-c4c(-n5cnnn5)ccc(Cl)c4F)cc(=O)n32)[nH]1. The molecule has 1 aromatic carbocycles. The first-order chi connectivity index (χ1) is 18.2. The van der Waals surface area contributed by atoms with Crippen LogP contribution in [0.25, 0.3) is 28.2 Å². The molecule has 6 rings (SSSR count). The van der Waals surface area contributed by atoms with E-state index in [-0.39, 0.29) is 33.7 Å². The normalized spacial score (nSPS) is 16.7. The molecule has 11 nitrogen and oxygen atoms in total. The van der Waals surface area contributed by atoms with Gasteiger partial charge >= 0.3 is 0 Å². The third-order valence-electron chi connectivity index (χ3n) is 6.63. The van der Waals surface area contributed by atoms with Crippen LogP contribution in [-0.2, 0) is 0 Å². The minimum Gasteiger partial charge on any atom is -0.381 e. The van der Waals surface area contributed by atoms with E-state index in [1.54, 1.807) is 19.2 Å². The van der Waals surface area contributed by atoms with E-state index in [9.17, 15) is 9.18 Å². The lowest BCUT2D eigenvalue weighted by Crippen LogP contribution is -2.25. The second-order valence-electron chi connectivity index (χ2n) is 9.04. The van der Waals surface area contributed by atoms with Gasteiger partial charge in [-0.2, -0.15) is 4.68 Å². The monoisotopic (exact) mass is 536 g/mol. The van der Waals surface area contributed by atoms with Crippen molar-refractivity contribution in [3.8, 4) is 28.2 Å². The zero-order chi connectivity index (χ0) is 26.7. The number of rotatable bonds is 4. The van der Waals surface area contributed by atoms with Crippen molar-refractivity contribution < 1.29 is 8.78 Å². The maximum Gasteiger partial charge on any atom is 0.254 e. The molecule has 0 radical (unpaired) electrons. The molecule has 192 valence electrons. The molecule has 0 saturated carbocycles. The van der Waals surface area contributed by atoms with Crippen LogP contribution in [0.1, 0.15) is 42.6 Å². The molecule has 0 amide bonds. The van der Waals surface area contributed by atoms with Crippen LogP contribution in [-0.4, -0.2) is 44.7 Å². The van der Waals surface area contributed by atoms with Gasteiger partial charge in [0.05, 0.1) is 39.9 Å². The van der Waals surface area contributed by atoms with Crippen molar-refractivity contribution in [2.24, 2.45) is 0 Å². The molecule has 0 aliphatic carbocycles. The number of aryl methyl sites for hydroxylation is 1. The third kappa shape index (κ3) is 3.74. The summed E-state index contributed by atoms with van der Waals surface area (Å²) < 4.78 is 32.2. The highest BCUT2D eigenvalue weighted by Crippen LogP contribution is 2.39.